The van der Waals surface area contributed by atoms with Crippen molar-refractivity contribution in [2.75, 3.05) is 33.0 Å². The third-order valence-corrected chi connectivity index (χ3v) is 7.63. The van der Waals surface area contributed by atoms with Gasteiger partial charge in [0, 0.05) is 23.5 Å². The minimum Gasteiger partial charge on any atom is -0.490 e. The molecule has 184 valence electrons. The summed E-state index contributed by atoms with van der Waals surface area (Å²) in [5, 5.41) is 2.99. The van der Waals surface area contributed by atoms with Gasteiger partial charge in [0.1, 0.15) is 17.8 Å². The van der Waals surface area contributed by atoms with E-state index in [0.29, 0.717) is 49.5 Å². The van der Waals surface area contributed by atoms with Gasteiger partial charge >= 0.3 is 0 Å². The molecule has 1 rings (SSSR count). The molecule has 0 aromatic heterocycles. The number of hydrogen-bond acceptors (Lipinski definition) is 6. The van der Waals surface area contributed by atoms with E-state index in [9.17, 15) is 4.79 Å². The summed E-state index contributed by atoms with van der Waals surface area (Å²) in [5.41, 5.74) is 0.485. The summed E-state index contributed by atoms with van der Waals surface area (Å²) in [6.07, 6.45) is 2.10. The van der Waals surface area contributed by atoms with Crippen LogP contribution in [0.1, 0.15) is 71.7 Å². The molecule has 32 heavy (non-hydrogen) atoms. The number of carbonyl (C=O) groups is 1. The van der Waals surface area contributed by atoms with Crippen LogP contribution in [-0.2, 0) is 9.47 Å². The van der Waals surface area contributed by atoms with Crippen molar-refractivity contribution in [3.05, 3.63) is 29.8 Å². The first-order valence-electron chi connectivity index (χ1n) is 11.6. The van der Waals surface area contributed by atoms with Gasteiger partial charge in [-0.2, -0.15) is 0 Å². The van der Waals surface area contributed by atoms with Gasteiger partial charge in [0.25, 0.3) is 5.91 Å². The number of hydrogen-bond donors (Lipinski definition) is 1. The third kappa shape index (κ3) is 15.0. The van der Waals surface area contributed by atoms with Gasteiger partial charge in [0.05, 0.1) is 13.2 Å². The summed E-state index contributed by atoms with van der Waals surface area (Å²) in [6, 6.07) is 7.34. The Hall–Kier alpha value is -0.890. The van der Waals surface area contributed by atoms with E-state index in [1.165, 1.54) is 0 Å². The van der Waals surface area contributed by atoms with Crippen LogP contribution in [-0.4, -0.2) is 49.1 Å². The summed E-state index contributed by atoms with van der Waals surface area (Å²) >= 11 is 0. The molecule has 0 bridgehead atoms. The van der Waals surface area contributed by atoms with E-state index in [4.69, 9.17) is 14.2 Å². The lowest BCUT2D eigenvalue weighted by Gasteiger charge is -2.22. The van der Waals surface area contributed by atoms with E-state index in [1.54, 1.807) is 27.7 Å². The molecule has 1 aromatic rings. The van der Waals surface area contributed by atoms with Crippen molar-refractivity contribution in [1.29, 1.82) is 0 Å². The van der Waals surface area contributed by atoms with E-state index in [0.717, 1.165) is 19.4 Å². The van der Waals surface area contributed by atoms with Gasteiger partial charge in [0.15, 0.2) is 0 Å². The van der Waals surface area contributed by atoms with Gasteiger partial charge < -0.3 is 19.5 Å². The van der Waals surface area contributed by atoms with Crippen LogP contribution in [0.15, 0.2) is 24.3 Å². The number of ether oxygens (including phenoxy) is 3. The molecular formula is C25H43NO4S2. The van der Waals surface area contributed by atoms with Gasteiger partial charge in [-0.25, -0.2) is 0 Å². The van der Waals surface area contributed by atoms with E-state index in [1.807, 2.05) is 18.2 Å². The Kier molecular flexibility index (Phi) is 14.4. The number of amides is 1. The third-order valence-electron chi connectivity index (χ3n) is 4.11. The quantitative estimate of drug-likeness (QED) is 0.165. The molecule has 0 aliphatic heterocycles. The highest BCUT2D eigenvalue weighted by molar-refractivity contribution is 8.77. The molecule has 1 amide bonds. The first-order valence-corrected chi connectivity index (χ1v) is 13.8. The maximum Gasteiger partial charge on any atom is 0.251 e. The Morgan fingerprint density at radius 1 is 1.06 bits per heavy atom. The minimum absolute atomic E-state index is 0.0630. The predicted octanol–water partition coefficient (Wildman–Crippen LogP) is 6.43. The predicted molar refractivity (Wildman–Crippen MR) is 139 cm³/mol. The molecule has 0 aliphatic carbocycles. The Balaban J connectivity index is 2.55. The molecule has 0 fully saturated rings. The van der Waals surface area contributed by atoms with Crippen LogP contribution in [0.25, 0.3) is 0 Å². The maximum atomic E-state index is 12.4. The highest BCUT2D eigenvalue weighted by Crippen LogP contribution is 2.38. The first-order chi connectivity index (χ1) is 15.1. The van der Waals surface area contributed by atoms with Crippen LogP contribution in [0.5, 0.6) is 5.75 Å². The lowest BCUT2D eigenvalue weighted by molar-refractivity contribution is 0.0165. The van der Waals surface area contributed by atoms with Crippen LogP contribution in [0.3, 0.4) is 0 Å². The largest absolute Gasteiger partial charge is 0.490 e. The highest BCUT2D eigenvalue weighted by atomic mass is 33.1. The van der Waals surface area contributed by atoms with E-state index >= 15 is 0 Å². The number of benzene rings is 1. The normalized spacial score (nSPS) is 12.9. The monoisotopic (exact) mass is 485 g/mol. The Morgan fingerprint density at radius 3 is 2.47 bits per heavy atom. The lowest BCUT2D eigenvalue weighted by atomic mass is 10.1. The molecule has 1 N–H and O–H groups in total. The second-order valence-corrected chi connectivity index (χ2v) is 12.9. The van der Waals surface area contributed by atoms with Crippen LogP contribution in [0.2, 0.25) is 0 Å². The fourth-order valence-corrected chi connectivity index (χ4v) is 4.76. The van der Waals surface area contributed by atoms with Crippen molar-refractivity contribution >= 4 is 27.5 Å². The Labute approximate surface area is 203 Å². The van der Waals surface area contributed by atoms with Crippen LogP contribution >= 0.6 is 21.6 Å². The van der Waals surface area contributed by atoms with Crippen LogP contribution < -0.4 is 10.1 Å². The second-order valence-electron chi connectivity index (χ2n) is 9.69. The van der Waals surface area contributed by atoms with Crippen molar-refractivity contribution in [2.24, 2.45) is 11.8 Å². The topological polar surface area (TPSA) is 56.8 Å². The second kappa shape index (κ2) is 15.9. The zero-order valence-corrected chi connectivity index (χ0v) is 22.6. The molecule has 7 heteroatoms. The number of nitrogens with one attached hydrogen (secondary N) is 1. The summed E-state index contributed by atoms with van der Waals surface area (Å²) in [5.74, 6) is 1.77. The molecule has 1 atom stereocenters. The standard InChI is InChI=1S/C25H43NO4S2/c1-19(2)10-9-13-26-24(27)21-11-8-12-22(16-21)30-18-23(31-32-25(5,6)7)29-15-14-28-17-20(3)4/h8,11-12,16,19-20,23H,9-10,13-15,17-18H2,1-7H3,(H,26,27). The van der Waals surface area contributed by atoms with Crippen LogP contribution in [0, 0.1) is 11.8 Å². The van der Waals surface area contributed by atoms with Crippen molar-refractivity contribution in [2.45, 2.75) is 71.5 Å². The van der Waals surface area contributed by atoms with E-state index in [-0.39, 0.29) is 16.1 Å². The van der Waals surface area contributed by atoms with Gasteiger partial charge in [-0.1, -0.05) is 76.1 Å². The maximum absolute atomic E-state index is 12.4. The number of rotatable bonds is 16. The van der Waals surface area contributed by atoms with E-state index in [2.05, 4.69) is 53.8 Å². The molecule has 0 spiro atoms. The Morgan fingerprint density at radius 2 is 1.81 bits per heavy atom. The molecule has 0 radical (unpaired) electrons. The molecule has 1 aromatic carbocycles. The molecule has 0 heterocycles. The minimum atomic E-state index is -0.129. The van der Waals surface area contributed by atoms with Crippen molar-refractivity contribution < 1.29 is 19.0 Å². The highest BCUT2D eigenvalue weighted by Gasteiger charge is 2.18. The molecular weight excluding hydrogens is 442 g/mol. The van der Waals surface area contributed by atoms with Gasteiger partial charge in [-0.15, -0.1) is 0 Å². The smallest absolute Gasteiger partial charge is 0.251 e. The molecule has 0 saturated carbocycles. The average Bonchev–Trinajstić information content (AvgIpc) is 2.71. The molecule has 5 nitrogen and oxygen atoms in total. The van der Waals surface area contributed by atoms with Crippen LogP contribution in [0.4, 0.5) is 0 Å². The first kappa shape index (κ1) is 29.1. The zero-order valence-electron chi connectivity index (χ0n) is 20.9. The molecule has 0 aliphatic rings. The fourth-order valence-electron chi connectivity index (χ4n) is 2.56. The van der Waals surface area contributed by atoms with Crippen molar-refractivity contribution in [1.82, 2.24) is 5.32 Å². The SMILES string of the molecule is CC(C)CCCNC(=O)c1cccc(OCC(OCCOCC(C)C)SSC(C)(C)C)c1. The summed E-state index contributed by atoms with van der Waals surface area (Å²) < 4.78 is 17.8. The summed E-state index contributed by atoms with van der Waals surface area (Å²) in [6.45, 7) is 18.1. The molecule has 1 unspecified atom stereocenters. The van der Waals surface area contributed by atoms with Gasteiger partial charge in [-0.3, -0.25) is 4.79 Å². The summed E-state index contributed by atoms with van der Waals surface area (Å²) in [7, 11) is 3.45. The van der Waals surface area contributed by atoms with Crippen molar-refractivity contribution in [3.8, 4) is 5.75 Å². The molecule has 0 saturated heterocycles. The van der Waals surface area contributed by atoms with Gasteiger partial charge in [0.2, 0.25) is 0 Å². The van der Waals surface area contributed by atoms with E-state index < -0.39 is 0 Å². The van der Waals surface area contributed by atoms with Crippen molar-refractivity contribution in [3.63, 3.8) is 0 Å². The van der Waals surface area contributed by atoms with Gasteiger partial charge in [-0.05, 0) is 42.9 Å². The lowest BCUT2D eigenvalue weighted by Crippen LogP contribution is -2.25. The number of carbonyl (C=O) groups excluding carboxylic acids is 1. The average molecular weight is 486 g/mol. The Bertz CT molecular complexity index is 647. The summed E-state index contributed by atoms with van der Waals surface area (Å²) in [4.78, 5) is 12.4. The zero-order chi connectivity index (χ0) is 24.0. The fraction of sp³-hybridized carbons (Fsp3) is 0.720.